The monoisotopic (exact) mass is 381 g/mol. The van der Waals surface area contributed by atoms with Crippen LogP contribution in [-0.4, -0.2) is 17.6 Å². The molecule has 0 saturated heterocycles. The number of fused-ring (bicyclic) bond motifs is 3. The molecule has 2 N–H and O–H groups in total. The average molecular weight is 381 g/mol. The Balaban J connectivity index is 1.58. The van der Waals surface area contributed by atoms with Gasteiger partial charge in [-0.1, -0.05) is 42.5 Å². The number of amides is 1. The van der Waals surface area contributed by atoms with Gasteiger partial charge in [0.2, 0.25) is 0 Å². The molecule has 3 aromatic carbocycles. The highest BCUT2D eigenvalue weighted by molar-refractivity contribution is 6.08. The van der Waals surface area contributed by atoms with Crippen LogP contribution in [0.5, 0.6) is 0 Å². The summed E-state index contributed by atoms with van der Waals surface area (Å²) in [5, 5.41) is 15.5. The van der Waals surface area contributed by atoms with Gasteiger partial charge in [0.25, 0.3) is 5.91 Å². The van der Waals surface area contributed by atoms with Crippen LogP contribution < -0.4 is 5.32 Å². The number of furan rings is 1. The van der Waals surface area contributed by atoms with E-state index in [1.54, 1.807) is 6.92 Å². The Morgan fingerprint density at radius 2 is 1.86 bits per heavy atom. The molecule has 4 aromatic rings. The zero-order chi connectivity index (χ0) is 19.8. The van der Waals surface area contributed by atoms with Gasteiger partial charge in [-0.05, 0) is 30.0 Å². The van der Waals surface area contributed by atoms with Gasteiger partial charge in [0.1, 0.15) is 5.58 Å². The van der Waals surface area contributed by atoms with E-state index >= 15 is 0 Å². The molecule has 4 rings (SSSR count). The highest BCUT2D eigenvalue weighted by Gasteiger charge is 2.20. The maximum atomic E-state index is 13.3. The molecule has 1 amide bonds. The third kappa shape index (κ3) is 3.12. The third-order valence-corrected chi connectivity index (χ3v) is 4.82. The van der Waals surface area contributed by atoms with Crippen LogP contribution in [0, 0.1) is 18.6 Å². The maximum Gasteiger partial charge on any atom is 0.287 e. The molecular weight excluding hydrogens is 364 g/mol. The largest absolute Gasteiger partial charge is 0.450 e. The molecule has 4 nitrogen and oxygen atoms in total. The summed E-state index contributed by atoms with van der Waals surface area (Å²) >= 11 is 0. The first kappa shape index (κ1) is 18.1. The minimum absolute atomic E-state index is 0.156. The molecule has 0 saturated carbocycles. The number of hydrogen-bond donors (Lipinski definition) is 2. The Morgan fingerprint density at radius 3 is 2.64 bits per heavy atom. The first-order valence-electron chi connectivity index (χ1n) is 8.78. The van der Waals surface area contributed by atoms with Crippen LogP contribution in [-0.2, 0) is 0 Å². The van der Waals surface area contributed by atoms with Crippen molar-refractivity contribution in [2.24, 2.45) is 0 Å². The number of halogens is 2. The van der Waals surface area contributed by atoms with Gasteiger partial charge in [0.15, 0.2) is 17.4 Å². The molecule has 0 aliphatic rings. The molecule has 1 atom stereocenters. The summed E-state index contributed by atoms with van der Waals surface area (Å²) in [6.45, 7) is 1.63. The number of aliphatic hydroxyl groups is 1. The van der Waals surface area contributed by atoms with E-state index in [4.69, 9.17) is 4.42 Å². The molecule has 0 bridgehead atoms. The minimum Gasteiger partial charge on any atom is -0.450 e. The molecule has 0 aliphatic heterocycles. The Hall–Kier alpha value is -3.25. The minimum atomic E-state index is -1.18. The zero-order valence-electron chi connectivity index (χ0n) is 15.0. The highest BCUT2D eigenvalue weighted by atomic mass is 19.2. The van der Waals surface area contributed by atoms with Crippen molar-refractivity contribution in [2.45, 2.75) is 13.0 Å². The maximum absolute atomic E-state index is 13.3. The molecule has 0 unspecified atom stereocenters. The van der Waals surface area contributed by atoms with Crippen molar-refractivity contribution in [1.29, 1.82) is 0 Å². The molecule has 1 heterocycles. The van der Waals surface area contributed by atoms with Gasteiger partial charge >= 0.3 is 0 Å². The first-order chi connectivity index (χ1) is 13.5. The lowest BCUT2D eigenvalue weighted by Gasteiger charge is -2.12. The van der Waals surface area contributed by atoms with Crippen LogP contribution in [0.2, 0.25) is 0 Å². The second kappa shape index (κ2) is 7.05. The smallest absolute Gasteiger partial charge is 0.287 e. The van der Waals surface area contributed by atoms with E-state index in [1.165, 1.54) is 6.07 Å². The standard InChI is InChI=1S/C22H17F2NO3/c1-12-15-8-6-13-4-2-3-5-16(13)21(15)28-20(12)22(27)25-11-19(26)14-7-9-17(23)18(24)10-14/h2-10,19,26H,11H2,1H3,(H,25,27)/t19-/m0/s1. The van der Waals surface area contributed by atoms with Crippen molar-refractivity contribution in [3.8, 4) is 0 Å². The normalized spacial score (nSPS) is 12.4. The number of nitrogens with one attached hydrogen (secondary N) is 1. The molecular formula is C22H17F2NO3. The predicted molar refractivity (Wildman–Crippen MR) is 102 cm³/mol. The quantitative estimate of drug-likeness (QED) is 0.542. The van der Waals surface area contributed by atoms with Gasteiger partial charge < -0.3 is 14.8 Å². The average Bonchev–Trinajstić information content (AvgIpc) is 3.05. The van der Waals surface area contributed by atoms with Crippen LogP contribution in [0.15, 0.2) is 59.0 Å². The lowest BCUT2D eigenvalue weighted by molar-refractivity contribution is 0.0890. The van der Waals surface area contributed by atoms with Crippen LogP contribution in [0.25, 0.3) is 21.7 Å². The Kier molecular flexibility index (Phi) is 4.57. The van der Waals surface area contributed by atoms with Crippen LogP contribution in [0.4, 0.5) is 8.78 Å². The molecule has 0 aliphatic carbocycles. The SMILES string of the molecule is Cc1c(C(=O)NC[C@H](O)c2ccc(F)c(F)c2)oc2c1ccc1ccccc12. The van der Waals surface area contributed by atoms with Crippen LogP contribution in [0.3, 0.4) is 0 Å². The van der Waals surface area contributed by atoms with Crippen molar-refractivity contribution in [1.82, 2.24) is 5.32 Å². The molecule has 0 radical (unpaired) electrons. The Bertz CT molecular complexity index is 1200. The molecule has 6 heteroatoms. The Labute approximate surface area is 159 Å². The fraction of sp³-hybridized carbons (Fsp3) is 0.136. The second-order valence-electron chi connectivity index (χ2n) is 6.62. The van der Waals surface area contributed by atoms with E-state index in [0.717, 1.165) is 28.3 Å². The summed E-state index contributed by atoms with van der Waals surface area (Å²) in [6, 6.07) is 14.7. The van der Waals surface area contributed by atoms with Gasteiger partial charge in [0.05, 0.1) is 6.10 Å². The van der Waals surface area contributed by atoms with E-state index in [-0.39, 0.29) is 17.9 Å². The highest BCUT2D eigenvalue weighted by Crippen LogP contribution is 2.31. The molecule has 142 valence electrons. The number of rotatable bonds is 4. The molecule has 0 fully saturated rings. The fourth-order valence-electron chi connectivity index (χ4n) is 3.27. The van der Waals surface area contributed by atoms with E-state index in [9.17, 15) is 18.7 Å². The predicted octanol–water partition coefficient (Wildman–Crippen LogP) is 4.64. The van der Waals surface area contributed by atoms with Gasteiger partial charge in [-0.15, -0.1) is 0 Å². The van der Waals surface area contributed by atoms with E-state index < -0.39 is 23.6 Å². The van der Waals surface area contributed by atoms with Gasteiger partial charge in [-0.25, -0.2) is 8.78 Å². The molecule has 28 heavy (non-hydrogen) atoms. The van der Waals surface area contributed by atoms with Gasteiger partial charge in [0, 0.05) is 22.9 Å². The lowest BCUT2D eigenvalue weighted by atomic mass is 10.1. The van der Waals surface area contributed by atoms with Crippen LogP contribution >= 0.6 is 0 Å². The van der Waals surface area contributed by atoms with Gasteiger partial charge in [-0.2, -0.15) is 0 Å². The van der Waals surface area contributed by atoms with Gasteiger partial charge in [-0.3, -0.25) is 4.79 Å². The summed E-state index contributed by atoms with van der Waals surface area (Å²) in [6.07, 6.45) is -1.18. The Morgan fingerprint density at radius 1 is 1.07 bits per heavy atom. The molecule has 1 aromatic heterocycles. The topological polar surface area (TPSA) is 62.5 Å². The second-order valence-corrected chi connectivity index (χ2v) is 6.62. The van der Waals surface area contributed by atoms with E-state index in [1.807, 2.05) is 36.4 Å². The summed E-state index contributed by atoms with van der Waals surface area (Å²) in [4.78, 5) is 12.6. The van der Waals surface area contributed by atoms with E-state index in [0.29, 0.717) is 11.1 Å². The lowest BCUT2D eigenvalue weighted by Crippen LogP contribution is -2.28. The third-order valence-electron chi connectivity index (χ3n) is 4.82. The van der Waals surface area contributed by atoms with Crippen molar-refractivity contribution < 1.29 is 23.1 Å². The van der Waals surface area contributed by atoms with Crippen molar-refractivity contribution in [3.05, 3.63) is 83.1 Å². The van der Waals surface area contributed by atoms with Crippen molar-refractivity contribution >= 4 is 27.6 Å². The fourth-order valence-corrected chi connectivity index (χ4v) is 3.27. The summed E-state index contributed by atoms with van der Waals surface area (Å²) < 4.78 is 32.2. The van der Waals surface area contributed by atoms with Crippen molar-refractivity contribution in [2.75, 3.05) is 6.54 Å². The number of carbonyl (C=O) groups excluding carboxylic acids is 1. The first-order valence-corrected chi connectivity index (χ1v) is 8.78. The summed E-state index contributed by atoms with van der Waals surface area (Å²) in [5.74, 6) is -2.38. The summed E-state index contributed by atoms with van der Waals surface area (Å²) in [5.41, 5.74) is 1.49. The number of hydrogen-bond acceptors (Lipinski definition) is 3. The summed E-state index contributed by atoms with van der Waals surface area (Å²) in [7, 11) is 0. The van der Waals surface area contributed by atoms with Crippen LogP contribution in [0.1, 0.15) is 27.8 Å². The number of aryl methyl sites for hydroxylation is 1. The number of benzene rings is 3. The zero-order valence-corrected chi connectivity index (χ0v) is 15.0. The number of carbonyl (C=O) groups is 1. The number of aliphatic hydroxyl groups excluding tert-OH is 1. The van der Waals surface area contributed by atoms with E-state index in [2.05, 4.69) is 5.32 Å². The molecule has 0 spiro atoms. The van der Waals surface area contributed by atoms with Crippen molar-refractivity contribution in [3.63, 3.8) is 0 Å².